The highest BCUT2D eigenvalue weighted by molar-refractivity contribution is 5.60. The van der Waals surface area contributed by atoms with Crippen LogP contribution >= 0.6 is 0 Å². The van der Waals surface area contributed by atoms with Crippen molar-refractivity contribution >= 4 is 0 Å². The quantitative estimate of drug-likeness (QED) is 0.576. The van der Waals surface area contributed by atoms with Crippen molar-refractivity contribution in [2.45, 2.75) is 0 Å². The minimum Gasteiger partial charge on any atom is -0.451 e. The summed E-state index contributed by atoms with van der Waals surface area (Å²) in [6.45, 7) is 3.79. The first-order chi connectivity index (χ1) is 7.83. The van der Waals surface area contributed by atoms with Gasteiger partial charge in [-0.3, -0.25) is 4.63 Å². The largest absolute Gasteiger partial charge is 0.451 e. The molecule has 16 heavy (non-hydrogen) atoms. The summed E-state index contributed by atoms with van der Waals surface area (Å²) >= 11 is 0. The van der Waals surface area contributed by atoms with E-state index in [1.54, 1.807) is 18.2 Å². The van der Waals surface area contributed by atoms with Gasteiger partial charge in [-0.25, -0.2) is 0 Å². The van der Waals surface area contributed by atoms with Crippen molar-refractivity contribution in [3.05, 3.63) is 48.2 Å². The summed E-state index contributed by atoms with van der Waals surface area (Å²) in [6.07, 6.45) is 1.57. The van der Waals surface area contributed by atoms with Crippen LogP contribution in [-0.2, 0) is 0 Å². The van der Waals surface area contributed by atoms with Crippen LogP contribution in [0.1, 0.15) is 0 Å². The molecule has 0 N–H and O–H groups in total. The lowest BCUT2D eigenvalue weighted by Crippen LogP contribution is -2.25. The zero-order valence-electron chi connectivity index (χ0n) is 8.50. The van der Waals surface area contributed by atoms with Crippen molar-refractivity contribution in [3.63, 3.8) is 0 Å². The molecule has 0 saturated carbocycles. The van der Waals surface area contributed by atoms with Crippen LogP contribution < -0.4 is 9.64 Å². The Labute approximate surface area is 92.1 Å². The first kappa shape index (κ1) is 10.2. The SMILES string of the molecule is C=CCOc1no[n+]([O-])c1-c1ccccc1. The molecule has 0 atom stereocenters. The number of hydrogen-bond donors (Lipinski definition) is 0. The lowest BCUT2D eigenvalue weighted by Gasteiger charge is -1.98. The van der Waals surface area contributed by atoms with Crippen LogP contribution in [0, 0.1) is 5.21 Å². The zero-order valence-corrected chi connectivity index (χ0v) is 8.50. The second-order valence-electron chi connectivity index (χ2n) is 3.05. The molecule has 0 aliphatic carbocycles. The van der Waals surface area contributed by atoms with Crippen molar-refractivity contribution in [2.75, 3.05) is 6.61 Å². The molecule has 0 spiro atoms. The maximum atomic E-state index is 11.4. The maximum Gasteiger partial charge on any atom is 0.403 e. The second kappa shape index (κ2) is 4.48. The van der Waals surface area contributed by atoms with Gasteiger partial charge in [0, 0.05) is 5.56 Å². The topological polar surface area (TPSA) is 62.2 Å². The predicted molar refractivity (Wildman–Crippen MR) is 56.6 cm³/mol. The monoisotopic (exact) mass is 218 g/mol. The molecule has 5 nitrogen and oxygen atoms in total. The van der Waals surface area contributed by atoms with E-state index in [9.17, 15) is 5.21 Å². The Balaban J connectivity index is 2.39. The lowest BCUT2D eigenvalue weighted by molar-refractivity contribution is -0.793. The number of nitrogens with zero attached hydrogens (tertiary/aromatic N) is 2. The number of aromatic nitrogens is 2. The molecule has 0 radical (unpaired) electrons. The van der Waals surface area contributed by atoms with Gasteiger partial charge in [-0.2, -0.15) is 0 Å². The van der Waals surface area contributed by atoms with Gasteiger partial charge >= 0.3 is 5.88 Å². The number of rotatable bonds is 4. The third-order valence-corrected chi connectivity index (χ3v) is 1.97. The van der Waals surface area contributed by atoms with Crippen LogP contribution in [0.4, 0.5) is 0 Å². The molecule has 2 aromatic rings. The Bertz CT molecular complexity index is 479. The predicted octanol–water partition coefficient (Wildman–Crippen LogP) is 1.54. The van der Waals surface area contributed by atoms with Gasteiger partial charge in [0.1, 0.15) is 6.61 Å². The van der Waals surface area contributed by atoms with Crippen LogP contribution in [-0.4, -0.2) is 11.8 Å². The molecular weight excluding hydrogens is 208 g/mol. The Kier molecular flexibility index (Phi) is 2.86. The molecule has 1 heterocycles. The van der Waals surface area contributed by atoms with Crippen LogP contribution in [0.3, 0.4) is 0 Å². The first-order valence-corrected chi connectivity index (χ1v) is 4.71. The molecule has 0 aliphatic heterocycles. The highest BCUT2D eigenvalue weighted by Gasteiger charge is 2.22. The minimum atomic E-state index is 0.168. The average molecular weight is 218 g/mol. The van der Waals surface area contributed by atoms with Crippen LogP contribution in [0.25, 0.3) is 11.3 Å². The highest BCUT2D eigenvalue weighted by atomic mass is 16.8. The molecule has 0 aliphatic rings. The van der Waals surface area contributed by atoms with Gasteiger partial charge in [-0.05, 0) is 4.90 Å². The Hall–Kier alpha value is -2.30. The summed E-state index contributed by atoms with van der Waals surface area (Å²) < 4.78 is 9.72. The van der Waals surface area contributed by atoms with E-state index in [1.807, 2.05) is 18.2 Å². The van der Waals surface area contributed by atoms with Crippen molar-refractivity contribution in [3.8, 4) is 17.1 Å². The van der Waals surface area contributed by atoms with Crippen LogP contribution in [0.15, 0.2) is 47.6 Å². The molecule has 0 bridgehead atoms. The normalized spacial score (nSPS) is 10.0. The zero-order chi connectivity index (χ0) is 11.4. The molecule has 1 aromatic heterocycles. The van der Waals surface area contributed by atoms with Gasteiger partial charge in [-0.1, -0.05) is 43.0 Å². The smallest absolute Gasteiger partial charge is 0.403 e. The van der Waals surface area contributed by atoms with Gasteiger partial charge in [0.05, 0.1) is 5.16 Å². The molecule has 0 unspecified atom stereocenters. The van der Waals surface area contributed by atoms with E-state index < -0.39 is 0 Å². The van der Waals surface area contributed by atoms with Gasteiger partial charge in [0.2, 0.25) is 0 Å². The third-order valence-electron chi connectivity index (χ3n) is 1.97. The van der Waals surface area contributed by atoms with E-state index in [0.717, 1.165) is 0 Å². The first-order valence-electron chi connectivity index (χ1n) is 4.71. The molecule has 5 heteroatoms. The Morgan fingerprint density at radius 2 is 2.19 bits per heavy atom. The summed E-state index contributed by atoms with van der Waals surface area (Å²) in [7, 11) is 0. The Morgan fingerprint density at radius 1 is 1.44 bits per heavy atom. The summed E-state index contributed by atoms with van der Waals surface area (Å²) in [5, 5.41) is 14.9. The van der Waals surface area contributed by atoms with Crippen molar-refractivity contribution in [1.82, 2.24) is 5.16 Å². The fourth-order valence-corrected chi connectivity index (χ4v) is 1.29. The van der Waals surface area contributed by atoms with E-state index >= 15 is 0 Å². The fourth-order valence-electron chi connectivity index (χ4n) is 1.29. The standard InChI is InChI=1S/C11H10N2O3/c1-2-8-15-11-10(13(14)16-12-11)9-6-4-3-5-7-9/h2-7H,1,8H2. The van der Waals surface area contributed by atoms with Crippen molar-refractivity contribution in [2.24, 2.45) is 0 Å². The van der Waals surface area contributed by atoms with E-state index in [-0.39, 0.29) is 18.2 Å². The molecular formula is C11H10N2O3. The summed E-state index contributed by atoms with van der Waals surface area (Å²) in [4.78, 5) is 0.327. The van der Waals surface area contributed by atoms with Crippen LogP contribution in [0.5, 0.6) is 5.88 Å². The van der Waals surface area contributed by atoms with E-state index in [2.05, 4.69) is 16.4 Å². The summed E-state index contributed by atoms with van der Waals surface area (Å²) in [5.74, 6) is 0.168. The average Bonchev–Trinajstić information content (AvgIpc) is 2.69. The van der Waals surface area contributed by atoms with E-state index in [1.165, 1.54) is 0 Å². The van der Waals surface area contributed by atoms with Crippen molar-refractivity contribution in [1.29, 1.82) is 0 Å². The van der Waals surface area contributed by atoms with Gasteiger partial charge in [-0.15, -0.1) is 0 Å². The highest BCUT2D eigenvalue weighted by Crippen LogP contribution is 2.24. The van der Waals surface area contributed by atoms with Crippen molar-refractivity contribution < 1.29 is 14.3 Å². The fraction of sp³-hybridized carbons (Fsp3) is 0.0909. The van der Waals surface area contributed by atoms with Gasteiger partial charge < -0.3 is 9.94 Å². The maximum absolute atomic E-state index is 11.4. The third kappa shape index (κ3) is 1.88. The Morgan fingerprint density at radius 3 is 2.88 bits per heavy atom. The van der Waals surface area contributed by atoms with E-state index in [0.29, 0.717) is 10.5 Å². The van der Waals surface area contributed by atoms with Crippen LogP contribution in [0.2, 0.25) is 0 Å². The number of benzene rings is 1. The minimum absolute atomic E-state index is 0.168. The molecule has 0 saturated heterocycles. The molecule has 82 valence electrons. The lowest BCUT2D eigenvalue weighted by atomic mass is 10.2. The molecule has 0 fully saturated rings. The number of ether oxygens (including phenoxy) is 1. The van der Waals surface area contributed by atoms with Gasteiger partial charge in [0.25, 0.3) is 5.69 Å². The van der Waals surface area contributed by atoms with E-state index in [4.69, 9.17) is 4.74 Å². The second-order valence-corrected chi connectivity index (χ2v) is 3.05. The molecule has 2 rings (SSSR count). The molecule has 1 aromatic carbocycles. The summed E-state index contributed by atoms with van der Waals surface area (Å²) in [6, 6.07) is 9.05. The molecule has 0 amide bonds. The van der Waals surface area contributed by atoms with Gasteiger partial charge in [0.15, 0.2) is 0 Å². The summed E-state index contributed by atoms with van der Waals surface area (Å²) in [5.41, 5.74) is 0.959. The number of hydrogen-bond acceptors (Lipinski definition) is 4.